The standard InChI is InChI=1S/C21H24N2O5/c1-4-18(28-17-7-5-6-13(2)12-17)20(25)23-16-10-8-15(9-11-16)19(24)22-14(3)21(26)27/h5-12,14,18H,4H2,1-3H3,(H,22,24)(H,23,25)(H,26,27). The van der Waals surface area contributed by atoms with E-state index in [1.807, 2.05) is 32.0 Å². The number of anilines is 1. The molecule has 2 atom stereocenters. The minimum Gasteiger partial charge on any atom is -0.481 e. The molecule has 0 saturated carbocycles. The molecule has 0 heterocycles. The Morgan fingerprint density at radius 3 is 2.36 bits per heavy atom. The van der Waals surface area contributed by atoms with Crippen LogP contribution in [0.3, 0.4) is 0 Å². The molecule has 2 aromatic rings. The molecule has 0 bridgehead atoms. The van der Waals surface area contributed by atoms with Gasteiger partial charge in [0.25, 0.3) is 11.8 Å². The van der Waals surface area contributed by atoms with E-state index in [4.69, 9.17) is 9.84 Å². The fraction of sp³-hybridized carbons (Fsp3) is 0.286. The lowest BCUT2D eigenvalue weighted by molar-refractivity contribution is -0.138. The van der Waals surface area contributed by atoms with E-state index in [1.165, 1.54) is 19.1 Å². The zero-order valence-electron chi connectivity index (χ0n) is 16.1. The molecule has 28 heavy (non-hydrogen) atoms. The predicted molar refractivity (Wildman–Crippen MR) is 106 cm³/mol. The molecule has 2 amide bonds. The molecule has 0 spiro atoms. The maximum Gasteiger partial charge on any atom is 0.325 e. The lowest BCUT2D eigenvalue weighted by Crippen LogP contribution is -2.38. The molecule has 0 aliphatic heterocycles. The van der Waals surface area contributed by atoms with Crippen LogP contribution in [0.25, 0.3) is 0 Å². The number of carboxylic acid groups (broad SMARTS) is 1. The van der Waals surface area contributed by atoms with Crippen molar-refractivity contribution in [2.75, 3.05) is 5.32 Å². The molecular weight excluding hydrogens is 360 g/mol. The number of amides is 2. The fourth-order valence-corrected chi connectivity index (χ4v) is 2.44. The lowest BCUT2D eigenvalue weighted by atomic mass is 10.1. The Labute approximate surface area is 163 Å². The molecule has 0 fully saturated rings. The average molecular weight is 384 g/mol. The van der Waals surface area contributed by atoms with Gasteiger partial charge in [0.1, 0.15) is 11.8 Å². The van der Waals surface area contributed by atoms with Gasteiger partial charge in [-0.15, -0.1) is 0 Å². The van der Waals surface area contributed by atoms with Crippen molar-refractivity contribution in [1.82, 2.24) is 5.32 Å². The van der Waals surface area contributed by atoms with Gasteiger partial charge in [-0.1, -0.05) is 19.1 Å². The Morgan fingerprint density at radius 1 is 1.11 bits per heavy atom. The highest BCUT2D eigenvalue weighted by molar-refractivity contribution is 5.98. The van der Waals surface area contributed by atoms with Crippen LogP contribution in [0.2, 0.25) is 0 Å². The molecule has 0 aliphatic rings. The molecule has 2 unspecified atom stereocenters. The first kappa shape index (κ1) is 21.0. The highest BCUT2D eigenvalue weighted by atomic mass is 16.5. The Hall–Kier alpha value is -3.35. The monoisotopic (exact) mass is 384 g/mol. The van der Waals surface area contributed by atoms with E-state index in [-0.39, 0.29) is 5.91 Å². The van der Waals surface area contributed by atoms with E-state index in [0.29, 0.717) is 23.4 Å². The second-order valence-corrected chi connectivity index (χ2v) is 6.43. The van der Waals surface area contributed by atoms with Crippen LogP contribution in [-0.4, -0.2) is 35.0 Å². The third kappa shape index (κ3) is 5.84. The summed E-state index contributed by atoms with van der Waals surface area (Å²) in [6.45, 7) is 5.19. The minimum atomic E-state index is -1.11. The summed E-state index contributed by atoms with van der Waals surface area (Å²) in [5.74, 6) is -1.28. The van der Waals surface area contributed by atoms with E-state index < -0.39 is 24.0 Å². The molecule has 7 heteroatoms. The van der Waals surface area contributed by atoms with Gasteiger partial charge in [0.2, 0.25) is 0 Å². The van der Waals surface area contributed by atoms with Crippen LogP contribution in [0.4, 0.5) is 5.69 Å². The van der Waals surface area contributed by atoms with E-state index in [9.17, 15) is 14.4 Å². The summed E-state index contributed by atoms with van der Waals surface area (Å²) in [5, 5.41) is 14.0. The number of hydrogen-bond donors (Lipinski definition) is 3. The molecule has 148 valence electrons. The van der Waals surface area contributed by atoms with Crippen molar-refractivity contribution >= 4 is 23.5 Å². The highest BCUT2D eigenvalue weighted by Gasteiger charge is 2.19. The fourth-order valence-electron chi connectivity index (χ4n) is 2.44. The van der Waals surface area contributed by atoms with Crippen molar-refractivity contribution in [3.63, 3.8) is 0 Å². The smallest absolute Gasteiger partial charge is 0.325 e. The van der Waals surface area contributed by atoms with Crippen LogP contribution in [0.15, 0.2) is 48.5 Å². The van der Waals surface area contributed by atoms with E-state index in [1.54, 1.807) is 18.2 Å². The number of carbonyl (C=O) groups is 3. The van der Waals surface area contributed by atoms with Crippen molar-refractivity contribution in [3.05, 3.63) is 59.7 Å². The number of aryl methyl sites for hydroxylation is 1. The first-order valence-corrected chi connectivity index (χ1v) is 8.98. The van der Waals surface area contributed by atoms with Crippen molar-refractivity contribution in [2.45, 2.75) is 39.3 Å². The average Bonchev–Trinajstić information content (AvgIpc) is 2.66. The van der Waals surface area contributed by atoms with E-state index in [0.717, 1.165) is 5.56 Å². The Bertz CT molecular complexity index is 848. The molecule has 7 nitrogen and oxygen atoms in total. The van der Waals surface area contributed by atoms with E-state index >= 15 is 0 Å². The van der Waals surface area contributed by atoms with Crippen LogP contribution in [0.5, 0.6) is 5.75 Å². The van der Waals surface area contributed by atoms with Crippen LogP contribution in [0.1, 0.15) is 36.2 Å². The SMILES string of the molecule is CCC(Oc1cccc(C)c1)C(=O)Nc1ccc(C(=O)NC(C)C(=O)O)cc1. The number of ether oxygens (including phenoxy) is 1. The number of nitrogens with one attached hydrogen (secondary N) is 2. The van der Waals surface area contributed by atoms with Crippen molar-refractivity contribution in [2.24, 2.45) is 0 Å². The second kappa shape index (κ2) is 9.55. The van der Waals surface area contributed by atoms with Gasteiger partial charge in [-0.05, 0) is 62.2 Å². The van der Waals surface area contributed by atoms with Crippen LogP contribution in [0, 0.1) is 6.92 Å². The largest absolute Gasteiger partial charge is 0.481 e. The number of rotatable bonds is 8. The van der Waals surface area contributed by atoms with Gasteiger partial charge in [0.05, 0.1) is 0 Å². The first-order chi connectivity index (χ1) is 13.3. The maximum absolute atomic E-state index is 12.5. The third-order valence-electron chi connectivity index (χ3n) is 4.06. The Kier molecular flexibility index (Phi) is 7.14. The zero-order valence-corrected chi connectivity index (χ0v) is 16.1. The molecule has 2 rings (SSSR count). The molecule has 0 aliphatic carbocycles. The summed E-state index contributed by atoms with van der Waals surface area (Å²) >= 11 is 0. The number of hydrogen-bond acceptors (Lipinski definition) is 4. The van der Waals surface area contributed by atoms with Crippen molar-refractivity contribution < 1.29 is 24.2 Å². The molecule has 0 saturated heterocycles. The van der Waals surface area contributed by atoms with Crippen LogP contribution < -0.4 is 15.4 Å². The summed E-state index contributed by atoms with van der Waals surface area (Å²) < 4.78 is 5.77. The summed E-state index contributed by atoms with van der Waals surface area (Å²) in [7, 11) is 0. The van der Waals surface area contributed by atoms with Gasteiger partial charge in [0.15, 0.2) is 6.10 Å². The van der Waals surface area contributed by atoms with E-state index in [2.05, 4.69) is 10.6 Å². The van der Waals surface area contributed by atoms with Crippen LogP contribution >= 0.6 is 0 Å². The Balaban J connectivity index is 1.99. The van der Waals surface area contributed by atoms with Gasteiger partial charge in [-0.2, -0.15) is 0 Å². The van der Waals surface area contributed by atoms with Crippen molar-refractivity contribution in [3.8, 4) is 5.75 Å². The number of carbonyl (C=O) groups excluding carboxylic acids is 2. The number of benzene rings is 2. The molecule has 3 N–H and O–H groups in total. The number of aliphatic carboxylic acids is 1. The predicted octanol–water partition coefficient (Wildman–Crippen LogP) is 2.99. The summed E-state index contributed by atoms with van der Waals surface area (Å²) in [5.41, 5.74) is 1.85. The first-order valence-electron chi connectivity index (χ1n) is 8.98. The highest BCUT2D eigenvalue weighted by Crippen LogP contribution is 2.17. The van der Waals surface area contributed by atoms with Crippen molar-refractivity contribution in [1.29, 1.82) is 0 Å². The molecule has 0 radical (unpaired) electrons. The maximum atomic E-state index is 12.5. The number of carboxylic acids is 1. The van der Waals surface area contributed by atoms with Gasteiger partial charge < -0.3 is 20.5 Å². The topological polar surface area (TPSA) is 105 Å². The van der Waals surface area contributed by atoms with Crippen LogP contribution in [-0.2, 0) is 9.59 Å². The van der Waals surface area contributed by atoms with Gasteiger partial charge in [0, 0.05) is 11.3 Å². The minimum absolute atomic E-state index is 0.291. The molecule has 2 aromatic carbocycles. The Morgan fingerprint density at radius 2 is 1.79 bits per heavy atom. The lowest BCUT2D eigenvalue weighted by Gasteiger charge is -2.17. The normalized spacial score (nSPS) is 12.5. The van der Waals surface area contributed by atoms with Gasteiger partial charge in [-0.25, -0.2) is 0 Å². The van der Waals surface area contributed by atoms with Gasteiger partial charge >= 0.3 is 5.97 Å². The summed E-state index contributed by atoms with van der Waals surface area (Å²) in [6.07, 6.45) is -0.158. The third-order valence-corrected chi connectivity index (χ3v) is 4.06. The molecule has 0 aromatic heterocycles. The second-order valence-electron chi connectivity index (χ2n) is 6.43. The summed E-state index contributed by atoms with van der Waals surface area (Å²) in [6, 6.07) is 12.7. The van der Waals surface area contributed by atoms with Gasteiger partial charge in [-0.3, -0.25) is 14.4 Å². The zero-order chi connectivity index (χ0) is 20.7. The molecular formula is C21H24N2O5. The summed E-state index contributed by atoms with van der Waals surface area (Å²) in [4.78, 5) is 35.3. The quantitative estimate of drug-likeness (QED) is 0.649.